The molecular formula is C21H25FN2O5. The summed E-state index contributed by atoms with van der Waals surface area (Å²) < 4.78 is 24.2. The van der Waals surface area contributed by atoms with Gasteiger partial charge in [0.1, 0.15) is 12.4 Å². The van der Waals surface area contributed by atoms with Gasteiger partial charge in [0.2, 0.25) is 11.8 Å². The molecule has 0 radical (unpaired) electrons. The number of nitrogens with zero attached hydrogens (tertiary/aromatic N) is 2. The van der Waals surface area contributed by atoms with Crippen molar-refractivity contribution in [1.29, 1.82) is 0 Å². The van der Waals surface area contributed by atoms with Gasteiger partial charge in [0.05, 0.1) is 25.4 Å². The third-order valence-electron chi connectivity index (χ3n) is 5.23. The largest absolute Gasteiger partial charge is 0.463 e. The summed E-state index contributed by atoms with van der Waals surface area (Å²) in [4.78, 5) is 41.2. The molecule has 1 atom stereocenters. The Bertz CT molecular complexity index is 832. The summed E-state index contributed by atoms with van der Waals surface area (Å²) in [6.45, 7) is 5.21. The van der Waals surface area contributed by atoms with Crippen molar-refractivity contribution in [2.75, 3.05) is 39.5 Å². The van der Waals surface area contributed by atoms with Crippen LogP contribution >= 0.6 is 0 Å². The van der Waals surface area contributed by atoms with Gasteiger partial charge in [-0.15, -0.1) is 0 Å². The molecule has 2 aliphatic heterocycles. The number of carbonyl (C=O) groups excluding carboxylic acids is 3. The van der Waals surface area contributed by atoms with Gasteiger partial charge in [0.15, 0.2) is 0 Å². The minimum absolute atomic E-state index is 0.0364. The monoisotopic (exact) mass is 404 g/mol. The van der Waals surface area contributed by atoms with Crippen LogP contribution in [0.25, 0.3) is 0 Å². The summed E-state index contributed by atoms with van der Waals surface area (Å²) in [5, 5.41) is 0. The van der Waals surface area contributed by atoms with Gasteiger partial charge >= 0.3 is 5.97 Å². The average molecular weight is 404 g/mol. The van der Waals surface area contributed by atoms with Crippen LogP contribution in [0.3, 0.4) is 0 Å². The second-order valence-corrected chi connectivity index (χ2v) is 7.00. The maximum absolute atomic E-state index is 13.8. The molecule has 1 aromatic rings. The Morgan fingerprint density at radius 1 is 1.28 bits per heavy atom. The fourth-order valence-electron chi connectivity index (χ4n) is 3.73. The molecule has 0 aromatic heterocycles. The highest BCUT2D eigenvalue weighted by Crippen LogP contribution is 2.37. The van der Waals surface area contributed by atoms with Crippen molar-refractivity contribution in [2.45, 2.75) is 26.2 Å². The van der Waals surface area contributed by atoms with E-state index >= 15 is 0 Å². The molecule has 2 heterocycles. The lowest BCUT2D eigenvalue weighted by molar-refractivity contribution is -0.144. The number of amides is 2. The molecule has 0 spiro atoms. The molecule has 1 fully saturated rings. The van der Waals surface area contributed by atoms with Crippen molar-refractivity contribution >= 4 is 17.8 Å². The second-order valence-electron chi connectivity index (χ2n) is 7.00. The van der Waals surface area contributed by atoms with Gasteiger partial charge in [-0.25, -0.2) is 9.18 Å². The van der Waals surface area contributed by atoms with Gasteiger partial charge in [-0.1, -0.05) is 12.1 Å². The Hall–Kier alpha value is -2.74. The predicted octanol–water partition coefficient (Wildman–Crippen LogP) is 1.84. The number of benzene rings is 1. The van der Waals surface area contributed by atoms with E-state index in [1.807, 2.05) is 0 Å². The predicted molar refractivity (Wildman–Crippen MR) is 102 cm³/mol. The fourth-order valence-corrected chi connectivity index (χ4v) is 3.73. The Labute approximate surface area is 169 Å². The fraction of sp³-hybridized carbons (Fsp3) is 0.476. The van der Waals surface area contributed by atoms with E-state index in [1.54, 1.807) is 30.9 Å². The summed E-state index contributed by atoms with van der Waals surface area (Å²) in [7, 11) is 0. The van der Waals surface area contributed by atoms with Crippen LogP contribution in [0.1, 0.15) is 31.7 Å². The first-order valence-electron chi connectivity index (χ1n) is 9.71. The van der Waals surface area contributed by atoms with Crippen LogP contribution < -0.4 is 0 Å². The number of ether oxygens (including phenoxy) is 2. The summed E-state index contributed by atoms with van der Waals surface area (Å²) >= 11 is 0. The van der Waals surface area contributed by atoms with Crippen LogP contribution in [0, 0.1) is 5.82 Å². The van der Waals surface area contributed by atoms with Crippen molar-refractivity contribution in [3.63, 3.8) is 0 Å². The van der Waals surface area contributed by atoms with Gasteiger partial charge < -0.3 is 19.3 Å². The van der Waals surface area contributed by atoms with E-state index in [0.717, 1.165) is 0 Å². The number of allylic oxidation sites excluding steroid dienone is 1. The lowest BCUT2D eigenvalue weighted by Crippen LogP contribution is -2.48. The SMILES string of the molecule is CCOC(=O)C1=C(C)N(CC(=O)N2CCOCC2)C(=O)C[C@H]1c1cccc(F)c1. The highest BCUT2D eigenvalue weighted by atomic mass is 19.1. The van der Waals surface area contributed by atoms with Crippen LogP contribution in [-0.4, -0.2) is 67.0 Å². The van der Waals surface area contributed by atoms with Crippen molar-refractivity contribution in [1.82, 2.24) is 9.80 Å². The van der Waals surface area contributed by atoms with E-state index in [4.69, 9.17) is 9.47 Å². The van der Waals surface area contributed by atoms with Gasteiger partial charge in [0.25, 0.3) is 0 Å². The van der Waals surface area contributed by atoms with Crippen molar-refractivity contribution in [3.05, 3.63) is 46.9 Å². The third kappa shape index (κ3) is 4.64. The van der Waals surface area contributed by atoms with E-state index in [9.17, 15) is 18.8 Å². The number of hydrogen-bond acceptors (Lipinski definition) is 5. The van der Waals surface area contributed by atoms with E-state index < -0.39 is 17.7 Å². The summed E-state index contributed by atoms with van der Waals surface area (Å²) in [6.07, 6.45) is -0.0364. The van der Waals surface area contributed by atoms with Crippen molar-refractivity contribution < 1.29 is 28.2 Å². The zero-order valence-corrected chi connectivity index (χ0v) is 16.7. The first-order chi connectivity index (χ1) is 13.9. The van der Waals surface area contributed by atoms with Crippen molar-refractivity contribution in [3.8, 4) is 0 Å². The molecule has 0 N–H and O–H groups in total. The topological polar surface area (TPSA) is 76.2 Å². The number of rotatable bonds is 5. The van der Waals surface area contributed by atoms with E-state index in [0.29, 0.717) is 37.6 Å². The van der Waals surface area contributed by atoms with Gasteiger partial charge in [-0.2, -0.15) is 0 Å². The minimum atomic E-state index is -0.619. The van der Waals surface area contributed by atoms with Gasteiger partial charge in [-0.05, 0) is 31.5 Å². The summed E-state index contributed by atoms with van der Waals surface area (Å²) in [5.74, 6) is -2.11. The Morgan fingerprint density at radius 3 is 2.66 bits per heavy atom. The van der Waals surface area contributed by atoms with Crippen LogP contribution in [-0.2, 0) is 23.9 Å². The number of esters is 1. The van der Waals surface area contributed by atoms with Crippen LogP contribution in [0.15, 0.2) is 35.5 Å². The maximum atomic E-state index is 13.8. The quantitative estimate of drug-likeness (QED) is 0.700. The highest BCUT2D eigenvalue weighted by molar-refractivity contribution is 5.97. The molecule has 2 aliphatic rings. The second kappa shape index (κ2) is 9.17. The van der Waals surface area contributed by atoms with Crippen LogP contribution in [0.5, 0.6) is 0 Å². The van der Waals surface area contributed by atoms with Crippen molar-refractivity contribution in [2.24, 2.45) is 0 Å². The van der Waals surface area contributed by atoms with E-state index in [1.165, 1.54) is 17.0 Å². The summed E-state index contributed by atoms with van der Waals surface area (Å²) in [5.41, 5.74) is 1.18. The molecule has 0 unspecified atom stereocenters. The Balaban J connectivity index is 1.93. The van der Waals surface area contributed by atoms with E-state index in [2.05, 4.69) is 0 Å². The van der Waals surface area contributed by atoms with Crippen LogP contribution in [0.4, 0.5) is 4.39 Å². The molecule has 3 rings (SSSR count). The third-order valence-corrected chi connectivity index (χ3v) is 5.23. The van der Waals surface area contributed by atoms with Crippen LogP contribution in [0.2, 0.25) is 0 Å². The smallest absolute Gasteiger partial charge is 0.336 e. The first-order valence-corrected chi connectivity index (χ1v) is 9.71. The number of carbonyl (C=O) groups is 3. The Morgan fingerprint density at radius 2 is 2.00 bits per heavy atom. The number of hydrogen-bond donors (Lipinski definition) is 0. The molecule has 0 saturated carbocycles. The van der Waals surface area contributed by atoms with E-state index in [-0.39, 0.29) is 37.0 Å². The molecule has 29 heavy (non-hydrogen) atoms. The lowest BCUT2D eigenvalue weighted by atomic mass is 9.83. The molecule has 7 nitrogen and oxygen atoms in total. The number of halogens is 1. The molecule has 2 amide bonds. The maximum Gasteiger partial charge on any atom is 0.336 e. The zero-order chi connectivity index (χ0) is 21.0. The Kier molecular flexibility index (Phi) is 6.64. The molecular weight excluding hydrogens is 379 g/mol. The lowest BCUT2D eigenvalue weighted by Gasteiger charge is -2.36. The molecule has 8 heteroatoms. The zero-order valence-electron chi connectivity index (χ0n) is 16.7. The molecule has 1 aromatic carbocycles. The standard InChI is InChI=1S/C21H25FN2O5/c1-3-29-21(27)20-14(2)24(13-19(26)23-7-9-28-10-8-23)18(25)12-17(20)15-5-4-6-16(22)11-15/h4-6,11,17H,3,7-10,12-13H2,1-2H3/t17-/m0/s1. The van der Waals surface area contributed by atoms with Gasteiger partial charge in [-0.3, -0.25) is 9.59 Å². The molecule has 0 aliphatic carbocycles. The number of morpholine rings is 1. The first kappa shape index (κ1) is 21.0. The molecule has 0 bridgehead atoms. The normalized spacial score (nSPS) is 20.1. The summed E-state index contributed by atoms with van der Waals surface area (Å²) in [6, 6.07) is 5.85. The highest BCUT2D eigenvalue weighted by Gasteiger charge is 2.38. The molecule has 156 valence electrons. The minimum Gasteiger partial charge on any atom is -0.463 e. The van der Waals surface area contributed by atoms with Gasteiger partial charge in [0, 0.05) is 31.1 Å². The molecule has 1 saturated heterocycles. The average Bonchev–Trinajstić information content (AvgIpc) is 2.71.